The molecule has 2 aliphatic rings. The smallest absolute Gasteiger partial charge is 0.169 e. The van der Waals surface area contributed by atoms with Crippen LogP contribution < -0.4 is 0 Å². The van der Waals surface area contributed by atoms with Crippen molar-refractivity contribution in [2.75, 3.05) is 0 Å². The number of fused-ring (bicyclic) bond motifs is 2. The third-order valence-corrected chi connectivity index (χ3v) is 6.13. The summed E-state index contributed by atoms with van der Waals surface area (Å²) >= 11 is 0. The zero-order valence-corrected chi connectivity index (χ0v) is 16.5. The molecule has 0 heterocycles. The number of hydrogen-bond donors (Lipinski definition) is 0. The summed E-state index contributed by atoms with van der Waals surface area (Å²) in [5, 5.41) is 0. The van der Waals surface area contributed by atoms with Gasteiger partial charge in [-0.3, -0.25) is 0 Å². The SMILES string of the molecule is C=C1CC(=C)c2cc(C(c3ccc4c(c3)C(=C)CC4=C)(C(F)(F)F)C(F)(F)F)ccc21. The molecule has 0 nitrogen and oxygen atoms in total. The molecule has 160 valence electrons. The lowest BCUT2D eigenvalue weighted by Crippen LogP contribution is -2.54. The summed E-state index contributed by atoms with van der Waals surface area (Å²) in [6.07, 6.45) is -10.7. The van der Waals surface area contributed by atoms with E-state index in [-0.39, 0.29) is 11.1 Å². The fraction of sp³-hybridized carbons (Fsp3) is 0.200. The highest BCUT2D eigenvalue weighted by molar-refractivity contribution is 5.92. The first-order valence-electron chi connectivity index (χ1n) is 9.44. The molecule has 6 heteroatoms. The summed E-state index contributed by atoms with van der Waals surface area (Å²) < 4.78 is 87.0. The molecule has 0 bridgehead atoms. The number of hydrogen-bond acceptors (Lipinski definition) is 0. The van der Waals surface area contributed by atoms with Crippen molar-refractivity contribution in [3.05, 3.63) is 96.1 Å². The topological polar surface area (TPSA) is 0 Å². The number of alkyl halides is 6. The van der Waals surface area contributed by atoms with E-state index >= 15 is 0 Å². The van der Waals surface area contributed by atoms with Crippen LogP contribution in [0.15, 0.2) is 62.7 Å². The van der Waals surface area contributed by atoms with Gasteiger partial charge in [0.25, 0.3) is 0 Å². The first-order chi connectivity index (χ1) is 14.3. The Hall–Kier alpha value is -3.02. The normalized spacial score (nSPS) is 16.7. The minimum absolute atomic E-state index is 0.263. The van der Waals surface area contributed by atoms with E-state index in [1.54, 1.807) is 0 Å². The van der Waals surface area contributed by atoms with Crippen molar-refractivity contribution >= 4 is 22.3 Å². The molecule has 0 fully saturated rings. The molecule has 2 aromatic carbocycles. The molecule has 0 aliphatic heterocycles. The molecule has 31 heavy (non-hydrogen) atoms. The largest absolute Gasteiger partial charge is 0.411 e. The van der Waals surface area contributed by atoms with E-state index in [1.165, 1.54) is 12.1 Å². The molecule has 2 aliphatic carbocycles. The number of benzene rings is 2. The van der Waals surface area contributed by atoms with Crippen molar-refractivity contribution in [2.24, 2.45) is 0 Å². The van der Waals surface area contributed by atoms with E-state index in [4.69, 9.17) is 0 Å². The van der Waals surface area contributed by atoms with E-state index in [2.05, 4.69) is 26.3 Å². The van der Waals surface area contributed by atoms with Gasteiger partial charge in [0.1, 0.15) is 0 Å². The van der Waals surface area contributed by atoms with Crippen LogP contribution in [-0.4, -0.2) is 12.4 Å². The lowest BCUT2D eigenvalue weighted by molar-refractivity contribution is -0.288. The minimum atomic E-state index is -5.65. The predicted molar refractivity (Wildman–Crippen MR) is 111 cm³/mol. The Morgan fingerprint density at radius 2 is 0.839 bits per heavy atom. The third kappa shape index (κ3) is 2.84. The van der Waals surface area contributed by atoms with E-state index < -0.39 is 28.9 Å². The Bertz CT molecular complexity index is 1080. The van der Waals surface area contributed by atoms with Crippen LogP contribution in [0.1, 0.15) is 46.2 Å². The third-order valence-electron chi connectivity index (χ3n) is 6.13. The van der Waals surface area contributed by atoms with Crippen LogP contribution in [0, 0.1) is 0 Å². The van der Waals surface area contributed by atoms with Crippen molar-refractivity contribution < 1.29 is 26.3 Å². The van der Waals surface area contributed by atoms with Gasteiger partial charge < -0.3 is 0 Å². The second-order valence-corrected chi connectivity index (χ2v) is 8.03. The zero-order chi connectivity index (χ0) is 22.9. The van der Waals surface area contributed by atoms with Gasteiger partial charge in [0.15, 0.2) is 0 Å². The van der Waals surface area contributed by atoms with Crippen LogP contribution in [0.4, 0.5) is 26.3 Å². The van der Waals surface area contributed by atoms with Crippen LogP contribution in [0.25, 0.3) is 22.3 Å². The van der Waals surface area contributed by atoms with Crippen molar-refractivity contribution in [3.8, 4) is 0 Å². The highest BCUT2D eigenvalue weighted by Crippen LogP contribution is 2.58. The molecular formula is C25H18F6. The van der Waals surface area contributed by atoms with Crippen molar-refractivity contribution in [1.29, 1.82) is 0 Å². The molecule has 2 aromatic rings. The molecule has 0 saturated heterocycles. The van der Waals surface area contributed by atoms with Crippen LogP contribution in [0.5, 0.6) is 0 Å². The average Bonchev–Trinajstić information content (AvgIpc) is 3.09. The van der Waals surface area contributed by atoms with Crippen LogP contribution in [0.2, 0.25) is 0 Å². The summed E-state index contributed by atoms with van der Waals surface area (Å²) in [7, 11) is 0. The fourth-order valence-electron chi connectivity index (χ4n) is 4.63. The lowest BCUT2D eigenvalue weighted by Gasteiger charge is -2.38. The summed E-state index contributed by atoms with van der Waals surface area (Å²) in [5.74, 6) is 0. The van der Waals surface area contributed by atoms with Gasteiger partial charge in [0.05, 0.1) is 0 Å². The first kappa shape index (κ1) is 21.2. The summed E-state index contributed by atoms with van der Waals surface area (Å²) in [6, 6.07) is 6.24. The van der Waals surface area contributed by atoms with E-state index in [0.717, 1.165) is 24.3 Å². The molecule has 0 unspecified atom stereocenters. The van der Waals surface area contributed by atoms with Gasteiger partial charge in [0, 0.05) is 0 Å². The predicted octanol–water partition coefficient (Wildman–Crippen LogP) is 7.96. The molecule has 0 atom stereocenters. The number of rotatable bonds is 2. The van der Waals surface area contributed by atoms with Crippen LogP contribution in [0.3, 0.4) is 0 Å². The molecule has 0 aromatic heterocycles. The van der Waals surface area contributed by atoms with Crippen molar-refractivity contribution in [1.82, 2.24) is 0 Å². The van der Waals surface area contributed by atoms with E-state index in [0.29, 0.717) is 46.3 Å². The van der Waals surface area contributed by atoms with Gasteiger partial charge in [0.2, 0.25) is 5.41 Å². The van der Waals surface area contributed by atoms with Gasteiger partial charge in [-0.05, 0) is 80.6 Å². The monoisotopic (exact) mass is 432 g/mol. The van der Waals surface area contributed by atoms with Gasteiger partial charge >= 0.3 is 12.4 Å². The maximum Gasteiger partial charge on any atom is 0.411 e. The summed E-state index contributed by atoms with van der Waals surface area (Å²) in [5.41, 5.74) is -2.33. The Morgan fingerprint density at radius 1 is 0.516 bits per heavy atom. The maximum absolute atomic E-state index is 14.5. The van der Waals surface area contributed by atoms with Crippen LogP contribution >= 0.6 is 0 Å². The second kappa shape index (κ2) is 6.49. The van der Waals surface area contributed by atoms with Gasteiger partial charge in [-0.25, -0.2) is 0 Å². The average molecular weight is 432 g/mol. The maximum atomic E-state index is 14.5. The highest BCUT2D eigenvalue weighted by Gasteiger charge is 2.72. The van der Waals surface area contributed by atoms with E-state index in [9.17, 15) is 26.3 Å². The number of allylic oxidation sites excluding steroid dienone is 4. The quantitative estimate of drug-likeness (QED) is 0.422. The van der Waals surface area contributed by atoms with Crippen molar-refractivity contribution in [3.63, 3.8) is 0 Å². The Labute approximate surface area is 175 Å². The molecule has 0 saturated carbocycles. The number of halogens is 6. The Morgan fingerprint density at radius 3 is 1.16 bits per heavy atom. The van der Waals surface area contributed by atoms with Crippen molar-refractivity contribution in [2.45, 2.75) is 30.6 Å². The first-order valence-corrected chi connectivity index (χ1v) is 9.44. The van der Waals surface area contributed by atoms with Gasteiger partial charge in [-0.15, -0.1) is 0 Å². The van der Waals surface area contributed by atoms with Gasteiger partial charge in [-0.1, -0.05) is 50.6 Å². The molecular weight excluding hydrogens is 414 g/mol. The van der Waals surface area contributed by atoms with Gasteiger partial charge in [-0.2, -0.15) is 26.3 Å². The summed E-state index contributed by atoms with van der Waals surface area (Å²) in [4.78, 5) is 0. The van der Waals surface area contributed by atoms with E-state index in [1.807, 2.05) is 0 Å². The Balaban J connectivity index is 2.06. The molecule has 4 rings (SSSR count). The molecule has 0 N–H and O–H groups in total. The zero-order valence-electron chi connectivity index (χ0n) is 16.5. The molecule has 0 amide bonds. The lowest BCUT2D eigenvalue weighted by atomic mass is 9.71. The highest BCUT2D eigenvalue weighted by atomic mass is 19.4. The molecule has 0 radical (unpaired) electrons. The molecule has 0 spiro atoms. The van der Waals surface area contributed by atoms with Crippen LogP contribution in [-0.2, 0) is 5.41 Å². The Kier molecular flexibility index (Phi) is 4.44. The standard InChI is InChI=1S/C25H18F6/c1-13-9-15(3)21-11-17(5-7-19(13)21)23(24(26,27)28,25(29,30)31)18-6-8-20-14(2)10-16(4)22(20)12-18/h5-8,11-12H,1-4,9-10H2. The summed E-state index contributed by atoms with van der Waals surface area (Å²) in [6.45, 7) is 15.2. The fourth-order valence-corrected chi connectivity index (χ4v) is 4.63. The minimum Gasteiger partial charge on any atom is -0.169 e. The second-order valence-electron chi connectivity index (χ2n) is 8.03.